The van der Waals surface area contributed by atoms with Crippen LogP contribution in [0.15, 0.2) is 11.4 Å². The maximum Gasteiger partial charge on any atom is 0.0331 e. The van der Waals surface area contributed by atoms with E-state index in [1.807, 2.05) is 11.3 Å². The van der Waals surface area contributed by atoms with Gasteiger partial charge in [-0.05, 0) is 30.5 Å². The first-order chi connectivity index (χ1) is 7.29. The zero-order valence-corrected chi connectivity index (χ0v) is 10.5. The molecule has 1 aliphatic heterocycles. The second-order valence-electron chi connectivity index (χ2n) is 4.24. The van der Waals surface area contributed by atoms with Gasteiger partial charge in [-0.2, -0.15) is 0 Å². The second kappa shape index (κ2) is 5.10. The van der Waals surface area contributed by atoms with Gasteiger partial charge in [0.1, 0.15) is 0 Å². The quantitative estimate of drug-likeness (QED) is 0.776. The number of hydrogen-bond donors (Lipinski definition) is 0. The molecular formula is C12H20N2S. The van der Waals surface area contributed by atoms with E-state index in [9.17, 15) is 0 Å². The van der Waals surface area contributed by atoms with E-state index < -0.39 is 0 Å². The SMILES string of the molecule is CCN1CCN(Cc2sccc2C)CC1. The van der Waals surface area contributed by atoms with Gasteiger partial charge in [0, 0.05) is 37.6 Å². The molecule has 0 spiro atoms. The molecule has 0 aromatic carbocycles. The third-order valence-electron chi connectivity index (χ3n) is 3.25. The van der Waals surface area contributed by atoms with Crippen LogP contribution in [0.3, 0.4) is 0 Å². The zero-order valence-electron chi connectivity index (χ0n) is 9.70. The lowest BCUT2D eigenvalue weighted by atomic mass is 10.2. The van der Waals surface area contributed by atoms with E-state index in [0.717, 1.165) is 6.54 Å². The van der Waals surface area contributed by atoms with E-state index in [1.54, 1.807) is 4.88 Å². The Bertz CT molecular complexity index is 300. The average Bonchev–Trinajstić information content (AvgIpc) is 2.66. The molecule has 15 heavy (non-hydrogen) atoms. The van der Waals surface area contributed by atoms with E-state index in [2.05, 4.69) is 35.1 Å². The summed E-state index contributed by atoms with van der Waals surface area (Å²) in [6.07, 6.45) is 0. The number of nitrogens with zero attached hydrogens (tertiary/aromatic N) is 2. The monoisotopic (exact) mass is 224 g/mol. The van der Waals surface area contributed by atoms with Crippen molar-refractivity contribution in [3.63, 3.8) is 0 Å². The van der Waals surface area contributed by atoms with Crippen molar-refractivity contribution in [3.05, 3.63) is 21.9 Å². The molecule has 1 saturated heterocycles. The van der Waals surface area contributed by atoms with Crippen LogP contribution in [0.2, 0.25) is 0 Å². The van der Waals surface area contributed by atoms with Crippen LogP contribution in [-0.2, 0) is 6.54 Å². The van der Waals surface area contributed by atoms with Crippen molar-refractivity contribution in [2.24, 2.45) is 0 Å². The molecule has 0 radical (unpaired) electrons. The minimum absolute atomic E-state index is 1.15. The molecule has 1 aromatic heterocycles. The summed E-state index contributed by atoms with van der Waals surface area (Å²) in [6, 6.07) is 2.22. The van der Waals surface area contributed by atoms with Crippen LogP contribution in [0.4, 0.5) is 0 Å². The Labute approximate surface area is 96.5 Å². The van der Waals surface area contributed by atoms with Crippen molar-refractivity contribution in [2.75, 3.05) is 32.7 Å². The normalized spacial score (nSPS) is 19.6. The van der Waals surface area contributed by atoms with E-state index >= 15 is 0 Å². The van der Waals surface area contributed by atoms with Gasteiger partial charge in [-0.15, -0.1) is 11.3 Å². The van der Waals surface area contributed by atoms with Crippen molar-refractivity contribution in [2.45, 2.75) is 20.4 Å². The highest BCUT2D eigenvalue weighted by Gasteiger charge is 2.16. The van der Waals surface area contributed by atoms with Crippen molar-refractivity contribution < 1.29 is 0 Å². The Morgan fingerprint density at radius 2 is 1.87 bits per heavy atom. The standard InChI is InChI=1S/C12H20N2S/c1-3-13-5-7-14(8-6-13)10-12-11(2)4-9-15-12/h4,9H,3,5-8,10H2,1-2H3. The van der Waals surface area contributed by atoms with Gasteiger partial charge in [-0.3, -0.25) is 4.90 Å². The van der Waals surface area contributed by atoms with Gasteiger partial charge in [-0.25, -0.2) is 0 Å². The Kier molecular flexibility index (Phi) is 3.78. The maximum atomic E-state index is 2.57. The predicted molar refractivity (Wildman–Crippen MR) is 66.4 cm³/mol. The number of thiophene rings is 1. The molecule has 0 saturated carbocycles. The molecule has 0 aliphatic carbocycles. The third-order valence-corrected chi connectivity index (χ3v) is 4.26. The van der Waals surface area contributed by atoms with Gasteiger partial charge in [-0.1, -0.05) is 6.92 Å². The summed E-state index contributed by atoms with van der Waals surface area (Å²) in [6.45, 7) is 11.7. The van der Waals surface area contributed by atoms with Crippen LogP contribution < -0.4 is 0 Å². The summed E-state index contributed by atoms with van der Waals surface area (Å²) in [5, 5.41) is 2.20. The number of piperazine rings is 1. The fourth-order valence-corrected chi connectivity index (χ4v) is 2.98. The minimum atomic E-state index is 1.15. The van der Waals surface area contributed by atoms with Gasteiger partial charge >= 0.3 is 0 Å². The number of rotatable bonds is 3. The van der Waals surface area contributed by atoms with Crippen molar-refractivity contribution in [3.8, 4) is 0 Å². The maximum absolute atomic E-state index is 2.57. The second-order valence-corrected chi connectivity index (χ2v) is 5.24. The molecule has 0 N–H and O–H groups in total. The van der Waals surface area contributed by atoms with Crippen molar-refractivity contribution >= 4 is 11.3 Å². The minimum Gasteiger partial charge on any atom is -0.301 e. The molecule has 1 aliphatic rings. The highest BCUT2D eigenvalue weighted by atomic mass is 32.1. The molecule has 2 nitrogen and oxygen atoms in total. The molecule has 84 valence electrons. The molecule has 1 fully saturated rings. The Morgan fingerprint density at radius 1 is 1.20 bits per heavy atom. The smallest absolute Gasteiger partial charge is 0.0331 e. The first-order valence-electron chi connectivity index (χ1n) is 5.77. The van der Waals surface area contributed by atoms with Crippen LogP contribution >= 0.6 is 11.3 Å². The molecule has 1 aromatic rings. The molecule has 0 bridgehead atoms. The average molecular weight is 224 g/mol. The van der Waals surface area contributed by atoms with Crippen molar-refractivity contribution in [1.29, 1.82) is 0 Å². The summed E-state index contributed by atoms with van der Waals surface area (Å²) in [5.41, 5.74) is 1.46. The fraction of sp³-hybridized carbons (Fsp3) is 0.667. The van der Waals surface area contributed by atoms with Crippen LogP contribution in [0.25, 0.3) is 0 Å². The van der Waals surface area contributed by atoms with E-state index in [4.69, 9.17) is 0 Å². The van der Waals surface area contributed by atoms with Crippen molar-refractivity contribution in [1.82, 2.24) is 9.80 Å². The van der Waals surface area contributed by atoms with E-state index in [1.165, 1.54) is 38.3 Å². The van der Waals surface area contributed by atoms with Gasteiger partial charge < -0.3 is 4.90 Å². The fourth-order valence-electron chi connectivity index (χ4n) is 2.03. The Hall–Kier alpha value is -0.380. The lowest BCUT2D eigenvalue weighted by molar-refractivity contribution is 0.132. The van der Waals surface area contributed by atoms with Gasteiger partial charge in [0.25, 0.3) is 0 Å². The summed E-state index contributed by atoms with van der Waals surface area (Å²) in [5.74, 6) is 0. The van der Waals surface area contributed by atoms with Gasteiger partial charge in [0.15, 0.2) is 0 Å². The lowest BCUT2D eigenvalue weighted by Crippen LogP contribution is -2.45. The molecule has 3 heteroatoms. The summed E-state index contributed by atoms with van der Waals surface area (Å²) in [4.78, 5) is 6.64. The van der Waals surface area contributed by atoms with Crippen LogP contribution in [0, 0.1) is 6.92 Å². The van der Waals surface area contributed by atoms with E-state index in [-0.39, 0.29) is 0 Å². The topological polar surface area (TPSA) is 6.48 Å². The lowest BCUT2D eigenvalue weighted by Gasteiger charge is -2.33. The van der Waals surface area contributed by atoms with Crippen LogP contribution in [0.1, 0.15) is 17.4 Å². The highest BCUT2D eigenvalue weighted by Crippen LogP contribution is 2.18. The number of likely N-dealkylation sites (N-methyl/N-ethyl adjacent to an activating group) is 1. The Morgan fingerprint density at radius 3 is 2.40 bits per heavy atom. The summed E-state index contributed by atoms with van der Waals surface area (Å²) < 4.78 is 0. The van der Waals surface area contributed by atoms with Crippen LogP contribution in [-0.4, -0.2) is 42.5 Å². The third kappa shape index (κ3) is 2.80. The summed E-state index contributed by atoms with van der Waals surface area (Å²) in [7, 11) is 0. The molecule has 2 rings (SSSR count). The van der Waals surface area contributed by atoms with Crippen LogP contribution in [0.5, 0.6) is 0 Å². The number of aryl methyl sites for hydroxylation is 1. The van der Waals surface area contributed by atoms with Gasteiger partial charge in [0.2, 0.25) is 0 Å². The molecule has 0 amide bonds. The highest BCUT2D eigenvalue weighted by molar-refractivity contribution is 7.10. The Balaban J connectivity index is 1.85. The predicted octanol–water partition coefficient (Wildman–Crippen LogP) is 2.19. The largest absolute Gasteiger partial charge is 0.301 e. The zero-order chi connectivity index (χ0) is 10.7. The first kappa shape index (κ1) is 11.1. The summed E-state index contributed by atoms with van der Waals surface area (Å²) >= 11 is 1.89. The molecule has 2 heterocycles. The first-order valence-corrected chi connectivity index (χ1v) is 6.65. The van der Waals surface area contributed by atoms with E-state index in [0.29, 0.717) is 0 Å². The molecule has 0 unspecified atom stereocenters. The molecule has 0 atom stereocenters. The van der Waals surface area contributed by atoms with Gasteiger partial charge in [0.05, 0.1) is 0 Å². The molecular weight excluding hydrogens is 204 g/mol. The number of hydrogen-bond acceptors (Lipinski definition) is 3.